The van der Waals surface area contributed by atoms with E-state index in [4.69, 9.17) is 0 Å². The highest BCUT2D eigenvalue weighted by Crippen LogP contribution is 2.40. The molecule has 4 aromatic rings. The van der Waals surface area contributed by atoms with Gasteiger partial charge < -0.3 is 0 Å². The minimum atomic E-state index is -0.937. The number of nitrogens with zero attached hydrogens (tertiary/aromatic N) is 1. The van der Waals surface area contributed by atoms with Gasteiger partial charge in [0.2, 0.25) is 5.69 Å². The van der Waals surface area contributed by atoms with Crippen molar-refractivity contribution in [2.45, 2.75) is 70.6 Å². The summed E-state index contributed by atoms with van der Waals surface area (Å²) in [5, 5.41) is 2.72. The normalized spacial score (nSPS) is 16.2. The molecule has 2 heterocycles. The smallest absolute Gasteiger partial charge is 0.200 e. The van der Waals surface area contributed by atoms with E-state index in [0.29, 0.717) is 5.92 Å². The Hall–Kier alpha value is -2.71. The second kappa shape index (κ2) is 9.39. The number of aromatic nitrogens is 1. The van der Waals surface area contributed by atoms with Crippen molar-refractivity contribution in [3.05, 3.63) is 89.6 Å². The third kappa shape index (κ3) is 4.73. The first-order valence-electron chi connectivity index (χ1n) is 13.4. The van der Waals surface area contributed by atoms with Gasteiger partial charge >= 0.3 is 0 Å². The van der Waals surface area contributed by atoms with Crippen LogP contribution in [0.15, 0.2) is 72.9 Å². The molecule has 1 saturated heterocycles. The van der Waals surface area contributed by atoms with Gasteiger partial charge in [-0.05, 0) is 76.9 Å². The van der Waals surface area contributed by atoms with E-state index in [1.54, 1.807) is 5.56 Å². The third-order valence-electron chi connectivity index (χ3n) is 8.40. The van der Waals surface area contributed by atoms with Crippen LogP contribution in [0.25, 0.3) is 33.2 Å². The highest BCUT2D eigenvalue weighted by atomic mass is 28.3. The molecule has 0 unspecified atom stereocenters. The molecule has 0 N–H and O–H groups in total. The Morgan fingerprint density at radius 1 is 0.857 bits per heavy atom. The van der Waals surface area contributed by atoms with E-state index in [2.05, 4.69) is 118 Å². The number of rotatable bonds is 4. The fourth-order valence-corrected chi connectivity index (χ4v) is 8.60. The van der Waals surface area contributed by atoms with Gasteiger partial charge in [-0.25, -0.2) is 4.57 Å². The van der Waals surface area contributed by atoms with E-state index in [1.807, 2.05) is 0 Å². The van der Waals surface area contributed by atoms with E-state index in [9.17, 15) is 0 Å². The van der Waals surface area contributed by atoms with E-state index >= 15 is 0 Å². The van der Waals surface area contributed by atoms with Gasteiger partial charge in [-0.2, -0.15) is 0 Å². The Bertz CT molecular complexity index is 1360. The Kier molecular flexibility index (Phi) is 6.44. The van der Waals surface area contributed by atoms with Crippen molar-refractivity contribution < 1.29 is 4.57 Å². The molecule has 1 fully saturated rings. The number of hydrogen-bond acceptors (Lipinski definition) is 0. The Morgan fingerprint density at radius 2 is 1.57 bits per heavy atom. The van der Waals surface area contributed by atoms with Crippen LogP contribution < -0.4 is 4.57 Å². The van der Waals surface area contributed by atoms with E-state index in [0.717, 1.165) is 5.92 Å². The van der Waals surface area contributed by atoms with Gasteiger partial charge in [0, 0.05) is 14.1 Å². The van der Waals surface area contributed by atoms with Crippen molar-refractivity contribution in [2.75, 3.05) is 0 Å². The SMILES string of the molecule is Cc1c(-c2c3ccc(C4CC[Si](C)(C)CC4)cc3cc[n+]2C)cc(-c2ccccc2)cc1C(C)C. The molecule has 35 heavy (non-hydrogen) atoms. The molecule has 0 atom stereocenters. The lowest BCUT2D eigenvalue weighted by Crippen LogP contribution is -2.31. The molecule has 0 radical (unpaired) electrons. The van der Waals surface area contributed by atoms with Crippen LogP contribution in [0.3, 0.4) is 0 Å². The minimum Gasteiger partial charge on any atom is -0.200 e. The summed E-state index contributed by atoms with van der Waals surface area (Å²) in [6.45, 7) is 12.1. The van der Waals surface area contributed by atoms with E-state index in [1.165, 1.54) is 69.2 Å². The van der Waals surface area contributed by atoms with Crippen molar-refractivity contribution in [2.24, 2.45) is 7.05 Å². The summed E-state index contributed by atoms with van der Waals surface area (Å²) < 4.78 is 2.32. The monoisotopic (exact) mass is 478 g/mol. The minimum absolute atomic E-state index is 0.475. The van der Waals surface area contributed by atoms with Crippen LogP contribution in [-0.4, -0.2) is 8.07 Å². The molecule has 1 aliphatic rings. The van der Waals surface area contributed by atoms with Gasteiger partial charge in [0.15, 0.2) is 6.20 Å². The van der Waals surface area contributed by atoms with Crippen LogP contribution in [0.4, 0.5) is 0 Å². The van der Waals surface area contributed by atoms with E-state index < -0.39 is 8.07 Å². The van der Waals surface area contributed by atoms with Gasteiger partial charge in [0.1, 0.15) is 7.05 Å². The molecule has 180 valence electrons. The highest BCUT2D eigenvalue weighted by Gasteiger charge is 2.29. The topological polar surface area (TPSA) is 3.88 Å². The number of pyridine rings is 1. The van der Waals surface area contributed by atoms with Gasteiger partial charge in [-0.3, -0.25) is 0 Å². The maximum absolute atomic E-state index is 2.56. The van der Waals surface area contributed by atoms with Crippen molar-refractivity contribution in [1.29, 1.82) is 0 Å². The van der Waals surface area contributed by atoms with Crippen LogP contribution in [0.2, 0.25) is 25.2 Å². The molecule has 0 bridgehead atoms. The quantitative estimate of drug-likeness (QED) is 0.203. The average molecular weight is 479 g/mol. The summed E-state index contributed by atoms with van der Waals surface area (Å²) in [5.41, 5.74) is 9.63. The predicted molar refractivity (Wildman–Crippen MR) is 154 cm³/mol. The molecule has 2 heteroatoms. The molecule has 0 aliphatic carbocycles. The summed E-state index contributed by atoms with van der Waals surface area (Å²) in [6, 6.07) is 28.2. The zero-order chi connectivity index (χ0) is 24.7. The molecular formula is C33H40NSi+. The van der Waals surface area contributed by atoms with Crippen LogP contribution in [0, 0.1) is 6.92 Å². The van der Waals surface area contributed by atoms with Crippen molar-refractivity contribution in [1.82, 2.24) is 0 Å². The molecule has 1 aliphatic heterocycles. The van der Waals surface area contributed by atoms with Crippen molar-refractivity contribution in [3.63, 3.8) is 0 Å². The summed E-state index contributed by atoms with van der Waals surface area (Å²) in [5.74, 6) is 1.21. The second-order valence-corrected chi connectivity index (χ2v) is 17.1. The third-order valence-corrected chi connectivity index (χ3v) is 11.7. The van der Waals surface area contributed by atoms with Crippen LogP contribution in [0.1, 0.15) is 55.2 Å². The van der Waals surface area contributed by atoms with Gasteiger partial charge in [0.05, 0.1) is 10.9 Å². The molecule has 3 aromatic carbocycles. The van der Waals surface area contributed by atoms with E-state index in [-0.39, 0.29) is 0 Å². The summed E-state index contributed by atoms with van der Waals surface area (Å²) in [6.07, 6.45) is 4.99. The van der Waals surface area contributed by atoms with Gasteiger partial charge in [0.25, 0.3) is 0 Å². The number of fused-ring (bicyclic) bond motifs is 1. The zero-order valence-corrected chi connectivity index (χ0v) is 23.4. The largest absolute Gasteiger partial charge is 0.220 e. The first-order valence-corrected chi connectivity index (χ1v) is 16.8. The lowest BCUT2D eigenvalue weighted by molar-refractivity contribution is -0.659. The van der Waals surface area contributed by atoms with Gasteiger partial charge in [-0.1, -0.05) is 87.6 Å². The lowest BCUT2D eigenvalue weighted by Gasteiger charge is -2.33. The first-order chi connectivity index (χ1) is 16.7. The maximum Gasteiger partial charge on any atom is 0.220 e. The highest BCUT2D eigenvalue weighted by molar-refractivity contribution is 6.77. The molecule has 0 saturated carbocycles. The summed E-state index contributed by atoms with van der Waals surface area (Å²) in [7, 11) is 1.26. The van der Waals surface area contributed by atoms with Crippen molar-refractivity contribution in [3.8, 4) is 22.4 Å². The van der Waals surface area contributed by atoms with Crippen LogP contribution >= 0.6 is 0 Å². The Morgan fingerprint density at radius 3 is 2.26 bits per heavy atom. The number of hydrogen-bond donors (Lipinski definition) is 0. The Balaban J connectivity index is 1.65. The molecule has 0 amide bonds. The molecule has 5 rings (SSSR count). The van der Waals surface area contributed by atoms with Gasteiger partial charge in [-0.15, -0.1) is 0 Å². The lowest BCUT2D eigenvalue weighted by atomic mass is 9.86. The molecule has 0 spiro atoms. The fraction of sp³-hybridized carbons (Fsp3) is 0.364. The predicted octanol–water partition coefficient (Wildman–Crippen LogP) is 9.02. The number of benzene rings is 3. The van der Waals surface area contributed by atoms with Crippen LogP contribution in [-0.2, 0) is 7.05 Å². The van der Waals surface area contributed by atoms with Crippen LogP contribution in [0.5, 0.6) is 0 Å². The maximum atomic E-state index is 2.56. The second-order valence-electron chi connectivity index (χ2n) is 11.8. The summed E-state index contributed by atoms with van der Waals surface area (Å²) in [4.78, 5) is 0. The first kappa shape index (κ1) is 24.0. The number of aryl methyl sites for hydroxylation is 1. The zero-order valence-electron chi connectivity index (χ0n) is 22.4. The standard InChI is InChI=1S/C33H40NSi/c1-23(2)31-21-29(25-10-8-7-9-11-25)22-32(24(31)3)33-30-13-12-27(20-28(30)14-17-34(33)4)26-15-18-35(5,6)19-16-26/h7-14,17,20-23,26H,15-16,18-19H2,1-6H3/q+1. The molecule has 1 nitrogen and oxygen atoms in total. The van der Waals surface area contributed by atoms with Crippen molar-refractivity contribution >= 4 is 18.8 Å². The molecule has 1 aromatic heterocycles. The summed E-state index contributed by atoms with van der Waals surface area (Å²) >= 11 is 0. The average Bonchev–Trinajstić information content (AvgIpc) is 2.84. The Labute approximate surface area is 212 Å². The fourth-order valence-electron chi connectivity index (χ4n) is 6.09. The molecular weight excluding hydrogens is 438 g/mol.